The Morgan fingerprint density at radius 1 is 0.864 bits per heavy atom. The van der Waals surface area contributed by atoms with Crippen LogP contribution in [-0.4, -0.2) is 28.7 Å². The largest absolute Gasteiger partial charge is 0.507 e. The Kier molecular flexibility index (Phi) is 6.97. The minimum atomic E-state index is -0.310. The Labute approximate surface area is 140 Å². The molecule has 0 bridgehead atoms. The van der Waals surface area contributed by atoms with Crippen LogP contribution in [0.2, 0.25) is 0 Å². The summed E-state index contributed by atoms with van der Waals surface area (Å²) in [5, 5.41) is 15.7. The van der Waals surface area contributed by atoms with Gasteiger partial charge in [-0.25, -0.2) is 0 Å². The predicted octanol–water partition coefficient (Wildman–Crippen LogP) is 2.03. The zero-order chi connectivity index (χ0) is 16.9. The van der Waals surface area contributed by atoms with Gasteiger partial charge in [-0.05, 0) is 43.0 Å². The van der Waals surface area contributed by atoms with E-state index < -0.39 is 0 Å². The number of halogens is 2. The lowest BCUT2D eigenvalue weighted by molar-refractivity contribution is -0.119. The lowest BCUT2D eigenvalue weighted by atomic mass is 9.92. The normalized spacial score (nSPS) is 10.4. The van der Waals surface area contributed by atoms with Gasteiger partial charge in [0.05, 0.1) is 0 Å². The number of hydrogen-bond donors (Lipinski definition) is 3. The summed E-state index contributed by atoms with van der Waals surface area (Å²) in [7, 11) is 0. The first kappa shape index (κ1) is 18.6. The van der Waals surface area contributed by atoms with Gasteiger partial charge >= 0.3 is 0 Å². The van der Waals surface area contributed by atoms with Crippen LogP contribution >= 0.6 is 23.2 Å². The summed E-state index contributed by atoms with van der Waals surface area (Å²) in [5.41, 5.74) is 3.97. The maximum absolute atomic E-state index is 11.3. The van der Waals surface area contributed by atoms with E-state index in [0.29, 0.717) is 12.1 Å². The molecule has 0 heterocycles. The molecule has 0 aliphatic carbocycles. The fraction of sp³-hybridized carbons (Fsp3) is 0.467. The minimum absolute atomic E-state index is 0.103. The van der Waals surface area contributed by atoms with Crippen LogP contribution in [0, 0.1) is 20.8 Å². The van der Waals surface area contributed by atoms with E-state index in [0.717, 1.165) is 22.3 Å². The summed E-state index contributed by atoms with van der Waals surface area (Å²) in [4.78, 5) is 22.6. The molecule has 2 amide bonds. The monoisotopic (exact) mass is 346 g/mol. The molecular formula is C15H20Cl2N2O3. The van der Waals surface area contributed by atoms with E-state index in [-0.39, 0.29) is 35.9 Å². The number of benzene rings is 1. The summed E-state index contributed by atoms with van der Waals surface area (Å²) in [6.07, 6.45) is 0. The number of phenolic OH excluding ortho intramolecular Hbond substituents is 1. The Morgan fingerprint density at radius 2 is 1.32 bits per heavy atom. The highest BCUT2D eigenvalue weighted by molar-refractivity contribution is 6.27. The summed E-state index contributed by atoms with van der Waals surface area (Å²) in [5.74, 6) is -0.659. The maximum Gasteiger partial charge on any atom is 0.235 e. The number of aromatic hydroxyl groups is 1. The molecule has 0 saturated heterocycles. The molecule has 0 aromatic heterocycles. The van der Waals surface area contributed by atoms with E-state index in [4.69, 9.17) is 23.2 Å². The number of nitrogens with one attached hydrogen (secondary N) is 2. The van der Waals surface area contributed by atoms with Crippen LogP contribution in [-0.2, 0) is 22.7 Å². The van der Waals surface area contributed by atoms with E-state index in [2.05, 4.69) is 10.6 Å². The molecule has 0 unspecified atom stereocenters. The Hall–Kier alpha value is -1.46. The van der Waals surface area contributed by atoms with Crippen LogP contribution < -0.4 is 10.6 Å². The van der Waals surface area contributed by atoms with Gasteiger partial charge in [-0.2, -0.15) is 0 Å². The summed E-state index contributed by atoms with van der Waals surface area (Å²) in [6.45, 7) is 6.02. The van der Waals surface area contributed by atoms with Crippen molar-refractivity contribution in [1.29, 1.82) is 0 Å². The molecule has 0 spiro atoms. The zero-order valence-electron chi connectivity index (χ0n) is 12.8. The highest BCUT2D eigenvalue weighted by atomic mass is 35.5. The summed E-state index contributed by atoms with van der Waals surface area (Å²) in [6, 6.07) is 0. The fourth-order valence-corrected chi connectivity index (χ4v) is 2.41. The number of rotatable bonds is 6. The molecular weight excluding hydrogens is 327 g/mol. The Bertz CT molecular complexity index is 542. The van der Waals surface area contributed by atoms with Gasteiger partial charge < -0.3 is 15.7 Å². The van der Waals surface area contributed by atoms with Gasteiger partial charge in [-0.1, -0.05) is 0 Å². The van der Waals surface area contributed by atoms with Crippen LogP contribution in [0.25, 0.3) is 0 Å². The van der Waals surface area contributed by atoms with Crippen molar-refractivity contribution in [2.75, 3.05) is 11.8 Å². The van der Waals surface area contributed by atoms with Gasteiger partial charge in [0.1, 0.15) is 17.5 Å². The van der Waals surface area contributed by atoms with Crippen molar-refractivity contribution < 1.29 is 14.7 Å². The first-order valence-electron chi connectivity index (χ1n) is 6.79. The standard InChI is InChI=1S/C15H20Cl2N2O3/c1-8-9(2)15(22)12(7-19-14(21)5-17)10(3)11(8)6-18-13(20)4-16/h22H,4-7H2,1-3H3,(H,18,20)(H,19,21). The molecule has 7 heteroatoms. The molecule has 22 heavy (non-hydrogen) atoms. The first-order valence-corrected chi connectivity index (χ1v) is 7.86. The lowest BCUT2D eigenvalue weighted by Crippen LogP contribution is -2.26. The van der Waals surface area contributed by atoms with E-state index in [1.807, 2.05) is 13.8 Å². The van der Waals surface area contributed by atoms with Crippen LogP contribution in [0.1, 0.15) is 27.8 Å². The summed E-state index contributed by atoms with van der Waals surface area (Å²) < 4.78 is 0. The number of carbonyl (C=O) groups is 2. The van der Waals surface area contributed by atoms with Gasteiger partial charge in [0.2, 0.25) is 11.8 Å². The molecule has 0 radical (unpaired) electrons. The second kappa shape index (κ2) is 8.25. The van der Waals surface area contributed by atoms with Crippen LogP contribution in [0.3, 0.4) is 0 Å². The average molecular weight is 347 g/mol. The van der Waals surface area contributed by atoms with Gasteiger partial charge in [0.15, 0.2) is 0 Å². The number of alkyl halides is 2. The van der Waals surface area contributed by atoms with Crippen molar-refractivity contribution in [3.8, 4) is 5.75 Å². The van der Waals surface area contributed by atoms with E-state index in [1.54, 1.807) is 6.92 Å². The molecule has 0 saturated carbocycles. The lowest BCUT2D eigenvalue weighted by Gasteiger charge is -2.20. The Morgan fingerprint density at radius 3 is 1.77 bits per heavy atom. The molecule has 0 fully saturated rings. The van der Waals surface area contributed by atoms with Crippen molar-refractivity contribution >= 4 is 35.0 Å². The molecule has 1 rings (SSSR count). The van der Waals surface area contributed by atoms with Crippen molar-refractivity contribution in [3.05, 3.63) is 27.8 Å². The molecule has 0 aliphatic rings. The fourth-order valence-electron chi connectivity index (χ4n) is 2.22. The second-order valence-electron chi connectivity index (χ2n) is 5.00. The molecule has 0 atom stereocenters. The second-order valence-corrected chi connectivity index (χ2v) is 5.54. The SMILES string of the molecule is Cc1c(C)c(CNC(=O)CCl)c(C)c(CNC(=O)CCl)c1O. The van der Waals surface area contributed by atoms with E-state index in [1.165, 1.54) is 0 Å². The topological polar surface area (TPSA) is 78.4 Å². The van der Waals surface area contributed by atoms with Crippen molar-refractivity contribution in [1.82, 2.24) is 10.6 Å². The van der Waals surface area contributed by atoms with Crippen molar-refractivity contribution in [2.24, 2.45) is 0 Å². The van der Waals surface area contributed by atoms with Crippen molar-refractivity contribution in [2.45, 2.75) is 33.9 Å². The zero-order valence-corrected chi connectivity index (χ0v) is 14.4. The Balaban J connectivity index is 3.14. The average Bonchev–Trinajstić information content (AvgIpc) is 2.51. The van der Waals surface area contributed by atoms with E-state index >= 15 is 0 Å². The third-order valence-electron chi connectivity index (χ3n) is 3.73. The highest BCUT2D eigenvalue weighted by Crippen LogP contribution is 2.32. The number of phenols is 1. The maximum atomic E-state index is 11.3. The quantitative estimate of drug-likeness (QED) is 0.689. The van der Waals surface area contributed by atoms with Gasteiger partial charge in [-0.3, -0.25) is 9.59 Å². The van der Waals surface area contributed by atoms with Crippen LogP contribution in [0.4, 0.5) is 0 Å². The van der Waals surface area contributed by atoms with Gasteiger partial charge in [-0.15, -0.1) is 23.2 Å². The molecule has 122 valence electrons. The van der Waals surface area contributed by atoms with Crippen LogP contribution in [0.5, 0.6) is 5.75 Å². The van der Waals surface area contributed by atoms with Gasteiger partial charge in [0, 0.05) is 18.7 Å². The third-order valence-corrected chi connectivity index (χ3v) is 4.21. The van der Waals surface area contributed by atoms with Gasteiger partial charge in [0.25, 0.3) is 0 Å². The smallest absolute Gasteiger partial charge is 0.235 e. The first-order chi connectivity index (χ1) is 10.3. The van der Waals surface area contributed by atoms with Crippen molar-refractivity contribution in [3.63, 3.8) is 0 Å². The molecule has 1 aromatic rings. The number of amides is 2. The minimum Gasteiger partial charge on any atom is -0.507 e. The number of hydrogen-bond acceptors (Lipinski definition) is 3. The summed E-state index contributed by atoms with van der Waals surface area (Å²) >= 11 is 10.9. The molecule has 3 N–H and O–H groups in total. The van der Waals surface area contributed by atoms with E-state index in [9.17, 15) is 14.7 Å². The predicted molar refractivity (Wildman–Crippen MR) is 87.5 cm³/mol. The molecule has 0 aliphatic heterocycles. The molecule has 5 nitrogen and oxygen atoms in total. The third kappa shape index (κ3) is 4.27. The molecule has 1 aromatic carbocycles. The number of carbonyl (C=O) groups excluding carboxylic acids is 2. The highest BCUT2D eigenvalue weighted by Gasteiger charge is 2.17. The van der Waals surface area contributed by atoms with Crippen LogP contribution in [0.15, 0.2) is 0 Å².